The van der Waals surface area contributed by atoms with Gasteiger partial charge in [0.1, 0.15) is 0 Å². The van der Waals surface area contributed by atoms with Gasteiger partial charge >= 0.3 is 5.97 Å². The molecule has 1 N–H and O–H groups in total. The van der Waals surface area contributed by atoms with Gasteiger partial charge in [-0.05, 0) is 51.1 Å². The Morgan fingerprint density at radius 2 is 1.85 bits per heavy atom. The maximum absolute atomic E-state index is 11.1. The molecule has 0 saturated heterocycles. The summed E-state index contributed by atoms with van der Waals surface area (Å²) < 4.78 is 4.91. The second-order valence-corrected chi connectivity index (χ2v) is 6.28. The minimum atomic E-state index is -0.0491. The Morgan fingerprint density at radius 3 is 2.55 bits per heavy atom. The summed E-state index contributed by atoms with van der Waals surface area (Å²) in [6.07, 6.45) is 10.9. The van der Waals surface area contributed by atoms with E-state index >= 15 is 0 Å². The van der Waals surface area contributed by atoms with Gasteiger partial charge in [-0.1, -0.05) is 39.0 Å². The summed E-state index contributed by atoms with van der Waals surface area (Å²) >= 11 is 0. The lowest BCUT2D eigenvalue weighted by molar-refractivity contribution is -0.143. The Hall–Kier alpha value is -0.570. The average molecular weight is 283 g/mol. The molecular formula is C17H33NO2. The molecule has 0 aromatic carbocycles. The van der Waals surface area contributed by atoms with E-state index in [1.807, 2.05) is 6.92 Å². The lowest BCUT2D eigenvalue weighted by Crippen LogP contribution is -2.21. The molecule has 1 aliphatic carbocycles. The predicted octanol–water partition coefficient (Wildman–Crippen LogP) is 3.92. The topological polar surface area (TPSA) is 38.3 Å². The maximum Gasteiger partial charge on any atom is 0.305 e. The highest BCUT2D eigenvalue weighted by molar-refractivity contribution is 5.69. The van der Waals surface area contributed by atoms with Crippen LogP contribution >= 0.6 is 0 Å². The van der Waals surface area contributed by atoms with Gasteiger partial charge in [0.25, 0.3) is 0 Å². The number of rotatable bonds is 10. The summed E-state index contributed by atoms with van der Waals surface area (Å²) in [5.41, 5.74) is 0. The van der Waals surface area contributed by atoms with Gasteiger partial charge < -0.3 is 10.1 Å². The summed E-state index contributed by atoms with van der Waals surface area (Å²) in [6.45, 7) is 6.99. The van der Waals surface area contributed by atoms with Gasteiger partial charge in [0.2, 0.25) is 0 Å². The van der Waals surface area contributed by atoms with Gasteiger partial charge in [-0.15, -0.1) is 0 Å². The zero-order valence-corrected chi connectivity index (χ0v) is 13.5. The molecule has 0 atom stereocenters. The van der Waals surface area contributed by atoms with Crippen LogP contribution < -0.4 is 5.32 Å². The van der Waals surface area contributed by atoms with E-state index in [0.29, 0.717) is 13.0 Å². The van der Waals surface area contributed by atoms with Crippen molar-refractivity contribution in [2.24, 2.45) is 11.8 Å². The number of esters is 1. The van der Waals surface area contributed by atoms with Crippen molar-refractivity contribution in [1.82, 2.24) is 5.32 Å². The lowest BCUT2D eigenvalue weighted by Gasteiger charge is -2.26. The zero-order valence-electron chi connectivity index (χ0n) is 13.5. The van der Waals surface area contributed by atoms with Crippen molar-refractivity contribution in [3.8, 4) is 0 Å². The molecule has 0 radical (unpaired) electrons. The molecule has 1 saturated carbocycles. The van der Waals surface area contributed by atoms with Crippen LogP contribution in [-0.4, -0.2) is 25.7 Å². The predicted molar refractivity (Wildman–Crippen MR) is 83.7 cm³/mol. The summed E-state index contributed by atoms with van der Waals surface area (Å²) in [5, 5.41) is 3.54. The Kier molecular flexibility index (Phi) is 9.73. The number of nitrogens with one attached hydrogen (secondary N) is 1. The maximum atomic E-state index is 11.1. The fourth-order valence-electron chi connectivity index (χ4n) is 2.98. The van der Waals surface area contributed by atoms with Crippen LogP contribution in [0.3, 0.4) is 0 Å². The molecule has 0 aromatic heterocycles. The first-order valence-corrected chi connectivity index (χ1v) is 8.58. The van der Waals surface area contributed by atoms with E-state index in [2.05, 4.69) is 12.2 Å². The van der Waals surface area contributed by atoms with Crippen LogP contribution in [0.5, 0.6) is 0 Å². The Bertz CT molecular complexity index is 247. The second kappa shape index (κ2) is 11.1. The molecule has 1 aliphatic rings. The summed E-state index contributed by atoms with van der Waals surface area (Å²) in [5.74, 6) is 1.87. The molecule has 0 aromatic rings. The molecule has 0 bridgehead atoms. The minimum Gasteiger partial charge on any atom is -0.466 e. The number of carbonyl (C=O) groups excluding carboxylic acids is 1. The second-order valence-electron chi connectivity index (χ2n) is 6.28. The van der Waals surface area contributed by atoms with Gasteiger partial charge in [0.05, 0.1) is 6.61 Å². The largest absolute Gasteiger partial charge is 0.466 e. The number of hydrogen-bond acceptors (Lipinski definition) is 3. The van der Waals surface area contributed by atoms with E-state index in [9.17, 15) is 4.79 Å². The molecule has 20 heavy (non-hydrogen) atoms. The van der Waals surface area contributed by atoms with Crippen molar-refractivity contribution in [3.63, 3.8) is 0 Å². The van der Waals surface area contributed by atoms with Gasteiger partial charge in [0, 0.05) is 6.42 Å². The molecule has 3 heteroatoms. The van der Waals surface area contributed by atoms with Gasteiger partial charge in [-0.25, -0.2) is 0 Å². The van der Waals surface area contributed by atoms with E-state index in [-0.39, 0.29) is 5.97 Å². The monoisotopic (exact) mass is 283 g/mol. The molecule has 0 amide bonds. The van der Waals surface area contributed by atoms with Gasteiger partial charge in [0.15, 0.2) is 0 Å². The minimum absolute atomic E-state index is 0.0491. The van der Waals surface area contributed by atoms with Crippen molar-refractivity contribution >= 4 is 5.97 Å². The average Bonchev–Trinajstić information content (AvgIpc) is 2.44. The van der Waals surface area contributed by atoms with Gasteiger partial charge in [-0.2, -0.15) is 0 Å². The Morgan fingerprint density at radius 1 is 1.10 bits per heavy atom. The van der Waals surface area contributed by atoms with Crippen LogP contribution in [0, 0.1) is 11.8 Å². The molecule has 3 nitrogen and oxygen atoms in total. The van der Waals surface area contributed by atoms with Crippen LogP contribution in [0.1, 0.15) is 71.6 Å². The molecule has 118 valence electrons. The summed E-state index contributed by atoms with van der Waals surface area (Å²) in [4.78, 5) is 11.1. The normalized spacial score (nSPS) is 22.7. The van der Waals surface area contributed by atoms with Crippen molar-refractivity contribution in [2.45, 2.75) is 71.6 Å². The molecule has 1 rings (SSSR count). The third kappa shape index (κ3) is 8.57. The highest BCUT2D eigenvalue weighted by Crippen LogP contribution is 2.29. The van der Waals surface area contributed by atoms with E-state index < -0.39 is 0 Å². The van der Waals surface area contributed by atoms with Gasteiger partial charge in [-0.3, -0.25) is 4.79 Å². The molecule has 1 fully saturated rings. The first kappa shape index (κ1) is 17.5. The first-order valence-electron chi connectivity index (χ1n) is 8.58. The zero-order chi connectivity index (χ0) is 14.6. The fraction of sp³-hybridized carbons (Fsp3) is 0.941. The Balaban J connectivity index is 1.82. The van der Waals surface area contributed by atoms with Crippen LogP contribution in [0.25, 0.3) is 0 Å². The van der Waals surface area contributed by atoms with Crippen molar-refractivity contribution < 1.29 is 9.53 Å². The van der Waals surface area contributed by atoms with Crippen molar-refractivity contribution in [3.05, 3.63) is 0 Å². The lowest BCUT2D eigenvalue weighted by atomic mass is 9.81. The van der Waals surface area contributed by atoms with E-state index in [1.54, 1.807) is 0 Å². The molecule has 0 heterocycles. The van der Waals surface area contributed by atoms with Crippen LogP contribution in [0.2, 0.25) is 0 Å². The number of carbonyl (C=O) groups is 1. The van der Waals surface area contributed by atoms with E-state index in [4.69, 9.17) is 4.74 Å². The SMILES string of the molecule is CCOC(=O)CCCCCNCCC1CCC(C)CC1. The molecule has 0 spiro atoms. The van der Waals surface area contributed by atoms with Crippen LogP contribution in [0.15, 0.2) is 0 Å². The standard InChI is InChI=1S/C17H33NO2/c1-3-20-17(19)7-5-4-6-13-18-14-12-16-10-8-15(2)9-11-16/h15-16,18H,3-14H2,1-2H3. The molecule has 0 unspecified atom stereocenters. The number of unbranched alkanes of at least 4 members (excludes halogenated alkanes) is 2. The molecular weight excluding hydrogens is 250 g/mol. The first-order chi connectivity index (χ1) is 9.72. The summed E-state index contributed by atoms with van der Waals surface area (Å²) in [7, 11) is 0. The van der Waals surface area contributed by atoms with Crippen LogP contribution in [-0.2, 0) is 9.53 Å². The van der Waals surface area contributed by atoms with E-state index in [1.165, 1.54) is 38.5 Å². The van der Waals surface area contributed by atoms with Crippen molar-refractivity contribution in [1.29, 1.82) is 0 Å². The Labute approximate surface area is 124 Å². The number of hydrogen-bond donors (Lipinski definition) is 1. The van der Waals surface area contributed by atoms with Crippen molar-refractivity contribution in [2.75, 3.05) is 19.7 Å². The third-order valence-corrected chi connectivity index (χ3v) is 4.40. The van der Waals surface area contributed by atoms with Crippen LogP contribution in [0.4, 0.5) is 0 Å². The fourth-order valence-corrected chi connectivity index (χ4v) is 2.98. The van der Waals surface area contributed by atoms with E-state index in [0.717, 1.165) is 37.8 Å². The summed E-state index contributed by atoms with van der Waals surface area (Å²) in [6, 6.07) is 0. The quantitative estimate of drug-likeness (QED) is 0.488. The highest BCUT2D eigenvalue weighted by Gasteiger charge is 2.17. The molecule has 0 aliphatic heterocycles. The number of ether oxygens (including phenoxy) is 1. The highest BCUT2D eigenvalue weighted by atomic mass is 16.5. The smallest absolute Gasteiger partial charge is 0.305 e. The third-order valence-electron chi connectivity index (χ3n) is 4.40.